The molecule has 3 N–H and O–H groups in total. The molecule has 0 aromatic carbocycles. The first kappa shape index (κ1) is 14.8. The molecule has 102 valence electrons. The lowest BCUT2D eigenvalue weighted by molar-refractivity contribution is -0.137. The second-order valence-electron chi connectivity index (χ2n) is 4.26. The van der Waals surface area contributed by atoms with E-state index in [4.69, 9.17) is 9.90 Å². The monoisotopic (exact) mass is 274 g/mol. The quantitative estimate of drug-likeness (QED) is 0.504. The smallest absolute Gasteiger partial charge is 0.315 e. The third-order valence-electron chi connectivity index (χ3n) is 3.07. The number of thioether (sulfide) groups is 1. The Morgan fingerprint density at radius 1 is 1.39 bits per heavy atom. The number of urea groups is 1. The van der Waals surface area contributed by atoms with Gasteiger partial charge in [-0.25, -0.2) is 4.79 Å². The molecular weight excluding hydrogens is 256 g/mol. The van der Waals surface area contributed by atoms with Crippen LogP contribution in [0.3, 0.4) is 0 Å². The molecule has 3 atom stereocenters. The van der Waals surface area contributed by atoms with Crippen LogP contribution in [0.4, 0.5) is 4.79 Å². The van der Waals surface area contributed by atoms with Crippen LogP contribution in [-0.4, -0.2) is 47.0 Å². The van der Waals surface area contributed by atoms with Crippen molar-refractivity contribution in [1.29, 1.82) is 0 Å². The Kier molecular flexibility index (Phi) is 5.97. The Balaban J connectivity index is 0.000000771. The van der Waals surface area contributed by atoms with Gasteiger partial charge in [0, 0.05) is 17.4 Å². The fourth-order valence-corrected chi connectivity index (χ4v) is 3.81. The summed E-state index contributed by atoms with van der Waals surface area (Å²) in [6.07, 6.45) is 2.88. The number of carboxylic acids is 1. The maximum Gasteiger partial charge on any atom is 0.315 e. The van der Waals surface area contributed by atoms with Gasteiger partial charge in [-0.2, -0.15) is 11.8 Å². The van der Waals surface area contributed by atoms with Crippen molar-refractivity contribution in [2.24, 2.45) is 0 Å². The predicted octanol–water partition coefficient (Wildman–Crippen LogP) is 0.612. The van der Waals surface area contributed by atoms with Gasteiger partial charge in [0.2, 0.25) is 0 Å². The van der Waals surface area contributed by atoms with Gasteiger partial charge in [-0.05, 0) is 12.8 Å². The minimum absolute atomic E-state index is 0.0640. The predicted molar refractivity (Wildman–Crippen MR) is 68.7 cm³/mol. The van der Waals surface area contributed by atoms with Gasteiger partial charge >= 0.3 is 12.0 Å². The Hall–Kier alpha value is -1.24. The van der Waals surface area contributed by atoms with E-state index in [9.17, 15) is 9.59 Å². The van der Waals surface area contributed by atoms with Crippen LogP contribution in [-0.2, 0) is 9.59 Å². The zero-order chi connectivity index (χ0) is 13.5. The second-order valence-corrected chi connectivity index (χ2v) is 5.53. The summed E-state index contributed by atoms with van der Waals surface area (Å²) in [5, 5.41) is 14.8. The van der Waals surface area contributed by atoms with Crippen molar-refractivity contribution < 1.29 is 19.5 Å². The molecule has 2 amide bonds. The minimum Gasteiger partial charge on any atom is -0.481 e. The van der Waals surface area contributed by atoms with Gasteiger partial charge in [0.05, 0.1) is 12.1 Å². The SMILES string of the molecule is C=O.O=C(O)CCCC[C@@H]1SC[C@@H]2NC(=O)N[C@@H]21. The Bertz CT molecular complexity index is 313. The summed E-state index contributed by atoms with van der Waals surface area (Å²) in [7, 11) is 0. The fraction of sp³-hybridized carbons (Fsp3) is 0.727. The summed E-state index contributed by atoms with van der Waals surface area (Å²) >= 11 is 1.87. The lowest BCUT2D eigenvalue weighted by atomic mass is 10.0. The molecule has 0 aromatic rings. The van der Waals surface area contributed by atoms with Gasteiger partial charge in [-0.15, -0.1) is 0 Å². The third kappa shape index (κ3) is 3.90. The lowest BCUT2D eigenvalue weighted by Crippen LogP contribution is -2.36. The van der Waals surface area contributed by atoms with E-state index in [1.165, 1.54) is 0 Å². The van der Waals surface area contributed by atoms with Crippen molar-refractivity contribution in [2.75, 3.05) is 5.75 Å². The van der Waals surface area contributed by atoms with Crippen molar-refractivity contribution in [2.45, 2.75) is 43.0 Å². The van der Waals surface area contributed by atoms with Crippen molar-refractivity contribution in [3.8, 4) is 0 Å². The number of carbonyl (C=O) groups excluding carboxylic acids is 2. The van der Waals surface area contributed by atoms with E-state index in [1.54, 1.807) is 0 Å². The molecule has 2 rings (SSSR count). The summed E-state index contributed by atoms with van der Waals surface area (Å²) in [6.45, 7) is 2.00. The van der Waals surface area contributed by atoms with Crippen LogP contribution in [0.15, 0.2) is 0 Å². The van der Waals surface area contributed by atoms with Crippen LogP contribution in [0.25, 0.3) is 0 Å². The van der Waals surface area contributed by atoms with Gasteiger partial charge < -0.3 is 20.5 Å². The van der Waals surface area contributed by atoms with E-state index >= 15 is 0 Å². The van der Waals surface area contributed by atoms with Crippen molar-refractivity contribution in [3.05, 3.63) is 0 Å². The molecule has 0 aliphatic carbocycles. The Morgan fingerprint density at radius 3 is 2.78 bits per heavy atom. The van der Waals surface area contributed by atoms with E-state index in [-0.39, 0.29) is 24.5 Å². The number of hydrogen-bond acceptors (Lipinski definition) is 4. The lowest BCUT2D eigenvalue weighted by Gasteiger charge is -2.16. The summed E-state index contributed by atoms with van der Waals surface area (Å²) in [4.78, 5) is 29.5. The van der Waals surface area contributed by atoms with Crippen molar-refractivity contribution in [1.82, 2.24) is 10.6 Å². The summed E-state index contributed by atoms with van der Waals surface area (Å²) < 4.78 is 0. The first-order valence-corrected chi connectivity index (χ1v) is 6.91. The molecule has 2 aliphatic heterocycles. The molecule has 0 unspecified atom stereocenters. The molecule has 2 aliphatic rings. The highest BCUT2D eigenvalue weighted by Gasteiger charge is 2.42. The number of fused-ring (bicyclic) bond motifs is 1. The number of aliphatic carboxylic acids is 1. The maximum atomic E-state index is 11.1. The van der Waals surface area contributed by atoms with E-state index in [0.717, 1.165) is 25.0 Å². The van der Waals surface area contributed by atoms with Crippen LogP contribution in [0, 0.1) is 0 Å². The van der Waals surface area contributed by atoms with Gasteiger partial charge in [-0.3, -0.25) is 4.79 Å². The molecule has 6 nitrogen and oxygen atoms in total. The maximum absolute atomic E-state index is 11.1. The third-order valence-corrected chi connectivity index (χ3v) is 4.58. The van der Waals surface area contributed by atoms with Gasteiger partial charge in [0.15, 0.2) is 0 Å². The molecule has 7 heteroatoms. The molecule has 0 aromatic heterocycles. The second kappa shape index (κ2) is 7.25. The molecule has 2 saturated heterocycles. The Morgan fingerprint density at radius 2 is 2.11 bits per heavy atom. The minimum atomic E-state index is -0.729. The number of nitrogens with one attached hydrogen (secondary N) is 2. The van der Waals surface area contributed by atoms with Crippen LogP contribution >= 0.6 is 11.8 Å². The molecule has 0 saturated carbocycles. The molecule has 0 radical (unpaired) electrons. The Labute approximate surface area is 110 Å². The highest BCUT2D eigenvalue weighted by molar-refractivity contribution is 8.00. The largest absolute Gasteiger partial charge is 0.481 e. The zero-order valence-electron chi connectivity index (χ0n) is 10.1. The highest BCUT2D eigenvalue weighted by atomic mass is 32.2. The molecule has 2 fully saturated rings. The molecule has 2 heterocycles. The van der Waals surface area contributed by atoms with Gasteiger partial charge in [0.1, 0.15) is 6.79 Å². The zero-order valence-corrected chi connectivity index (χ0v) is 10.9. The number of amides is 2. The number of rotatable bonds is 5. The van der Waals surface area contributed by atoms with E-state index < -0.39 is 5.97 Å². The van der Waals surface area contributed by atoms with Crippen LogP contribution < -0.4 is 10.6 Å². The van der Waals surface area contributed by atoms with E-state index in [0.29, 0.717) is 5.25 Å². The molecule has 18 heavy (non-hydrogen) atoms. The van der Waals surface area contributed by atoms with Crippen molar-refractivity contribution in [3.63, 3.8) is 0 Å². The van der Waals surface area contributed by atoms with Crippen molar-refractivity contribution >= 4 is 30.6 Å². The van der Waals surface area contributed by atoms with Gasteiger partial charge in [0.25, 0.3) is 0 Å². The highest BCUT2D eigenvalue weighted by Crippen LogP contribution is 2.33. The fourth-order valence-electron chi connectivity index (χ4n) is 2.26. The first-order chi connectivity index (χ1) is 8.66. The van der Waals surface area contributed by atoms with Gasteiger partial charge in [-0.1, -0.05) is 6.42 Å². The number of carboxylic acid groups (broad SMARTS) is 1. The summed E-state index contributed by atoms with van der Waals surface area (Å²) in [5.41, 5.74) is 0. The van der Waals surface area contributed by atoms with Crippen LogP contribution in [0.2, 0.25) is 0 Å². The molecule has 0 spiro atoms. The van der Waals surface area contributed by atoms with E-state index in [2.05, 4.69) is 10.6 Å². The number of hydrogen-bond donors (Lipinski definition) is 3. The first-order valence-electron chi connectivity index (χ1n) is 5.86. The average Bonchev–Trinajstić information content (AvgIpc) is 2.87. The average molecular weight is 274 g/mol. The summed E-state index contributed by atoms with van der Waals surface area (Å²) in [6, 6.07) is 0.440. The number of carbonyl (C=O) groups is 3. The van der Waals surface area contributed by atoms with Crippen LogP contribution in [0.5, 0.6) is 0 Å². The standard InChI is InChI=1S/C10H16N2O3S.CH2O/c13-8(14)4-2-1-3-7-9-6(5-16-7)11-10(15)12-9;1-2/h6-7,9H,1-5H2,(H,13,14)(H2,11,12,15);1H2/t6-,7-,9-;/m0./s1. The molecular formula is C11H18N2O4S. The van der Waals surface area contributed by atoms with Crippen LogP contribution in [0.1, 0.15) is 25.7 Å². The molecule has 0 bridgehead atoms. The topological polar surface area (TPSA) is 95.5 Å². The van der Waals surface area contributed by atoms with E-state index in [1.807, 2.05) is 18.6 Å². The number of unbranched alkanes of at least 4 members (excludes halogenated alkanes) is 1. The summed E-state index contributed by atoms with van der Waals surface area (Å²) in [5.74, 6) is 0.236. The normalized spacial score (nSPS) is 28.7.